The van der Waals surface area contributed by atoms with Gasteiger partial charge < -0.3 is 24.4 Å². The van der Waals surface area contributed by atoms with E-state index in [2.05, 4.69) is 13.2 Å². The predicted molar refractivity (Wildman–Crippen MR) is 129 cm³/mol. The number of ether oxygens (including phenoxy) is 2. The lowest BCUT2D eigenvalue weighted by atomic mass is 9.66. The van der Waals surface area contributed by atoms with Crippen LogP contribution < -0.4 is 0 Å². The molecule has 1 N–H and O–H groups in total. The molecule has 1 aromatic rings. The summed E-state index contributed by atoms with van der Waals surface area (Å²) in [6.45, 7) is 9.76. The van der Waals surface area contributed by atoms with Gasteiger partial charge in [-0.15, -0.1) is 13.2 Å². The Morgan fingerprint density at radius 1 is 1.26 bits per heavy atom. The Balaban J connectivity index is 1.69. The summed E-state index contributed by atoms with van der Waals surface area (Å²) in [6.07, 6.45) is 4.83. The maximum Gasteiger partial charge on any atom is 0.312 e. The van der Waals surface area contributed by atoms with E-state index in [0.29, 0.717) is 25.8 Å². The third-order valence-electron chi connectivity index (χ3n) is 7.55. The Morgan fingerprint density at radius 3 is 2.66 bits per heavy atom. The molecule has 2 unspecified atom stereocenters. The molecule has 8 heteroatoms. The number of aliphatic hydroxyl groups is 1. The normalized spacial score (nSPS) is 30.7. The fourth-order valence-corrected chi connectivity index (χ4v) is 6.11. The second-order valence-corrected chi connectivity index (χ2v) is 9.72. The Hall–Kier alpha value is -2.97. The van der Waals surface area contributed by atoms with Crippen molar-refractivity contribution in [2.24, 2.45) is 11.8 Å². The summed E-state index contributed by atoms with van der Waals surface area (Å²) in [5.41, 5.74) is -1.09. The molecule has 1 spiro atoms. The van der Waals surface area contributed by atoms with Crippen molar-refractivity contribution >= 4 is 17.8 Å². The summed E-state index contributed by atoms with van der Waals surface area (Å²) in [4.78, 5) is 44.0. The fraction of sp³-hybridized carbons (Fsp3) is 0.519. The zero-order valence-corrected chi connectivity index (χ0v) is 20.2. The van der Waals surface area contributed by atoms with Crippen LogP contribution in [0.5, 0.6) is 0 Å². The number of carbonyl (C=O) groups excluding carboxylic acids is 3. The summed E-state index contributed by atoms with van der Waals surface area (Å²) in [6, 6.07) is 8.65. The Morgan fingerprint density at radius 2 is 2.00 bits per heavy atom. The molecule has 3 heterocycles. The molecule has 35 heavy (non-hydrogen) atoms. The first-order chi connectivity index (χ1) is 16.8. The number of nitrogens with zero attached hydrogens (tertiary/aromatic N) is 2. The molecule has 3 aliphatic rings. The van der Waals surface area contributed by atoms with Crippen LogP contribution in [0.25, 0.3) is 0 Å². The van der Waals surface area contributed by atoms with Crippen molar-refractivity contribution in [3.05, 3.63) is 61.2 Å². The van der Waals surface area contributed by atoms with E-state index >= 15 is 0 Å². The number of carbonyl (C=O) groups is 3. The number of amides is 2. The van der Waals surface area contributed by atoms with Gasteiger partial charge in [-0.2, -0.15) is 0 Å². The monoisotopic (exact) mass is 482 g/mol. The number of likely N-dealkylation sites (tertiary alicyclic amines) is 1. The second kappa shape index (κ2) is 9.95. The molecule has 0 aromatic heterocycles. The topological polar surface area (TPSA) is 96.4 Å². The van der Waals surface area contributed by atoms with E-state index in [1.807, 2.05) is 37.3 Å². The lowest BCUT2D eigenvalue weighted by Crippen LogP contribution is -2.56. The molecule has 2 amide bonds. The van der Waals surface area contributed by atoms with Crippen molar-refractivity contribution in [3.63, 3.8) is 0 Å². The Kier molecular flexibility index (Phi) is 7.15. The van der Waals surface area contributed by atoms with Gasteiger partial charge in [-0.1, -0.05) is 42.5 Å². The second-order valence-electron chi connectivity index (χ2n) is 9.72. The summed E-state index contributed by atoms with van der Waals surface area (Å²) in [7, 11) is 0. The first-order valence-corrected chi connectivity index (χ1v) is 12.2. The van der Waals surface area contributed by atoms with Crippen LogP contribution >= 0.6 is 0 Å². The highest BCUT2D eigenvalue weighted by molar-refractivity contribution is 5.98. The summed E-state index contributed by atoms with van der Waals surface area (Å²) in [5, 5.41) is 9.74. The molecular weight excluding hydrogens is 448 g/mol. The Bertz CT molecular complexity index is 997. The lowest BCUT2D eigenvalue weighted by molar-refractivity contribution is -0.160. The number of hydrogen-bond donors (Lipinski definition) is 1. The van der Waals surface area contributed by atoms with Crippen LogP contribution in [-0.4, -0.2) is 76.2 Å². The third kappa shape index (κ3) is 4.19. The van der Waals surface area contributed by atoms with Gasteiger partial charge in [-0.05, 0) is 31.7 Å². The predicted octanol–water partition coefficient (Wildman–Crippen LogP) is 2.08. The van der Waals surface area contributed by atoms with Gasteiger partial charge in [0.2, 0.25) is 11.8 Å². The van der Waals surface area contributed by atoms with Crippen molar-refractivity contribution in [3.8, 4) is 0 Å². The third-order valence-corrected chi connectivity index (χ3v) is 7.55. The van der Waals surface area contributed by atoms with Gasteiger partial charge in [0.1, 0.15) is 17.6 Å². The average Bonchev–Trinajstić information content (AvgIpc) is 3.40. The molecule has 3 aliphatic heterocycles. The maximum atomic E-state index is 14.1. The van der Waals surface area contributed by atoms with E-state index in [9.17, 15) is 19.5 Å². The largest absolute Gasteiger partial charge is 0.465 e. The zero-order chi connectivity index (χ0) is 25.2. The van der Waals surface area contributed by atoms with Gasteiger partial charge >= 0.3 is 5.97 Å². The van der Waals surface area contributed by atoms with Crippen molar-refractivity contribution in [1.82, 2.24) is 9.80 Å². The molecule has 0 aliphatic carbocycles. The minimum atomic E-state index is -1.14. The maximum absolute atomic E-state index is 14.1. The van der Waals surface area contributed by atoms with Crippen LogP contribution in [0.4, 0.5) is 0 Å². The SMILES string of the molecule is C=CCCOC(=O)[C@H]1[C@H]2C(=O)N(CCO)C(C(=O)N(CC=C)Cc3ccccc3)C23CC[C@]1(C)O3. The van der Waals surface area contributed by atoms with Crippen molar-refractivity contribution < 1.29 is 29.0 Å². The standard InChI is InChI=1S/C27H34N2O6/c1-4-6-17-34-25(33)21-20-23(31)29(15-16-30)22(27(20)13-12-26(21,3)35-27)24(32)28(14-5-2)18-19-10-8-7-9-11-19/h4-5,7-11,20-22,30H,1-2,6,12-18H2,3H3/t20-,21+,22?,26-,27?/m0/s1. The zero-order valence-electron chi connectivity index (χ0n) is 20.2. The van der Waals surface area contributed by atoms with E-state index < -0.39 is 35.0 Å². The van der Waals surface area contributed by atoms with Crippen LogP contribution in [0, 0.1) is 11.8 Å². The molecule has 4 rings (SSSR count). The van der Waals surface area contributed by atoms with Gasteiger partial charge in [0.15, 0.2) is 0 Å². The van der Waals surface area contributed by atoms with Crippen molar-refractivity contribution in [2.75, 3.05) is 26.3 Å². The highest BCUT2D eigenvalue weighted by atomic mass is 16.6. The lowest BCUT2D eigenvalue weighted by Gasteiger charge is -2.36. The quantitative estimate of drug-likeness (QED) is 0.295. The Labute approximate surface area is 206 Å². The fourth-order valence-electron chi connectivity index (χ4n) is 6.11. The van der Waals surface area contributed by atoms with Gasteiger partial charge in [0.25, 0.3) is 0 Å². The van der Waals surface area contributed by atoms with Gasteiger partial charge in [-0.3, -0.25) is 14.4 Å². The van der Waals surface area contributed by atoms with Crippen LogP contribution in [0.2, 0.25) is 0 Å². The van der Waals surface area contributed by atoms with Gasteiger partial charge in [0.05, 0.1) is 24.7 Å². The first-order valence-electron chi connectivity index (χ1n) is 12.2. The number of fused-ring (bicyclic) bond motifs is 1. The number of hydrogen-bond acceptors (Lipinski definition) is 6. The van der Waals surface area contributed by atoms with Gasteiger partial charge in [-0.25, -0.2) is 0 Å². The number of aliphatic hydroxyl groups excluding tert-OH is 1. The van der Waals surface area contributed by atoms with E-state index in [1.54, 1.807) is 17.1 Å². The minimum absolute atomic E-state index is 0.0148. The van der Waals surface area contributed by atoms with Gasteiger partial charge in [0, 0.05) is 19.6 Å². The number of benzene rings is 1. The van der Waals surface area contributed by atoms with E-state index in [4.69, 9.17) is 9.47 Å². The summed E-state index contributed by atoms with van der Waals surface area (Å²) < 4.78 is 12.0. The smallest absolute Gasteiger partial charge is 0.312 e. The molecular formula is C27H34N2O6. The molecule has 1 aromatic carbocycles. The van der Waals surface area contributed by atoms with Crippen molar-refractivity contribution in [1.29, 1.82) is 0 Å². The van der Waals surface area contributed by atoms with E-state index in [0.717, 1.165) is 5.56 Å². The summed E-state index contributed by atoms with van der Waals surface area (Å²) >= 11 is 0. The highest BCUT2D eigenvalue weighted by Crippen LogP contribution is 2.63. The molecule has 2 bridgehead atoms. The molecule has 3 fully saturated rings. The van der Waals surface area contributed by atoms with E-state index in [1.165, 1.54) is 4.90 Å². The van der Waals surface area contributed by atoms with Crippen LogP contribution in [0.3, 0.4) is 0 Å². The number of esters is 1. The van der Waals surface area contributed by atoms with E-state index in [-0.39, 0.29) is 38.1 Å². The highest BCUT2D eigenvalue weighted by Gasteiger charge is 2.78. The minimum Gasteiger partial charge on any atom is -0.465 e. The molecule has 5 atom stereocenters. The molecule has 0 radical (unpaired) electrons. The molecule has 0 saturated carbocycles. The number of rotatable bonds is 11. The van der Waals surface area contributed by atoms with Crippen LogP contribution in [-0.2, 0) is 30.4 Å². The molecule has 3 saturated heterocycles. The first kappa shape index (κ1) is 25.1. The van der Waals surface area contributed by atoms with Crippen molar-refractivity contribution in [2.45, 2.75) is 50.0 Å². The molecule has 8 nitrogen and oxygen atoms in total. The average molecular weight is 483 g/mol. The number of β-amino-alcohol motifs (C(OH)–C–C–N with tert-alkyl or cyclic N) is 1. The van der Waals surface area contributed by atoms with Crippen LogP contribution in [0.1, 0.15) is 31.7 Å². The molecule has 188 valence electrons. The van der Waals surface area contributed by atoms with Crippen LogP contribution in [0.15, 0.2) is 55.6 Å². The summed E-state index contributed by atoms with van der Waals surface area (Å²) in [5.74, 6) is -2.75.